The number of piperidine rings is 1. The lowest BCUT2D eigenvalue weighted by atomic mass is 9.97. The Labute approximate surface area is 155 Å². The summed E-state index contributed by atoms with van der Waals surface area (Å²) in [5, 5.41) is 1.03. The van der Waals surface area contributed by atoms with E-state index < -0.39 is 9.84 Å². The van der Waals surface area contributed by atoms with Gasteiger partial charge in [-0.3, -0.25) is 4.79 Å². The van der Waals surface area contributed by atoms with Crippen molar-refractivity contribution in [2.24, 2.45) is 5.92 Å². The second-order valence-electron chi connectivity index (χ2n) is 7.72. The van der Waals surface area contributed by atoms with Crippen LogP contribution < -0.4 is 0 Å². The molecule has 0 N–H and O–H groups in total. The lowest BCUT2D eigenvalue weighted by molar-refractivity contribution is -0.132. The predicted molar refractivity (Wildman–Crippen MR) is 103 cm³/mol. The number of hydrogen-bond donors (Lipinski definition) is 0. The molecule has 0 bridgehead atoms. The van der Waals surface area contributed by atoms with Crippen molar-refractivity contribution in [3.8, 4) is 0 Å². The summed E-state index contributed by atoms with van der Waals surface area (Å²) in [6, 6.07) is 2.13. The molecule has 1 saturated heterocycles. The molecular weight excluding hydrogens is 350 g/mol. The summed E-state index contributed by atoms with van der Waals surface area (Å²) in [5.74, 6) is 0.238. The molecule has 0 unspecified atom stereocenters. The fourth-order valence-electron chi connectivity index (χ4n) is 4.05. The van der Waals surface area contributed by atoms with Gasteiger partial charge in [-0.15, -0.1) is 0 Å². The number of likely N-dealkylation sites (tertiary alicyclic amines) is 1. The highest BCUT2D eigenvalue weighted by atomic mass is 32.2. The highest BCUT2D eigenvalue weighted by Gasteiger charge is 2.27. The van der Waals surface area contributed by atoms with E-state index in [1.165, 1.54) is 11.8 Å². The second kappa shape index (κ2) is 7.06. The number of aryl methyl sites for hydroxylation is 3. The second-order valence-corrected chi connectivity index (χ2v) is 9.90. The lowest BCUT2D eigenvalue weighted by Gasteiger charge is -2.32. The molecule has 0 saturated carbocycles. The minimum absolute atomic E-state index is 0.0374. The first-order valence-electron chi connectivity index (χ1n) is 9.08. The maximum atomic E-state index is 12.8. The molecule has 1 aromatic heterocycles. The number of hydrogen-bond acceptors (Lipinski definition) is 4. The van der Waals surface area contributed by atoms with Gasteiger partial charge in [0, 0.05) is 30.3 Å². The fraction of sp³-hybridized carbons (Fsp3) is 0.550. The molecule has 0 radical (unpaired) electrons. The largest absolute Gasteiger partial charge is 0.464 e. The lowest BCUT2D eigenvalue weighted by Crippen LogP contribution is -2.42. The van der Waals surface area contributed by atoms with Crippen molar-refractivity contribution in [2.45, 2.75) is 40.0 Å². The van der Waals surface area contributed by atoms with E-state index in [4.69, 9.17) is 4.42 Å². The topological polar surface area (TPSA) is 67.6 Å². The summed E-state index contributed by atoms with van der Waals surface area (Å²) < 4.78 is 28.9. The van der Waals surface area contributed by atoms with E-state index in [2.05, 4.69) is 13.0 Å². The van der Waals surface area contributed by atoms with E-state index in [0.717, 1.165) is 40.5 Å². The predicted octanol–water partition coefficient (Wildman–Crippen LogP) is 3.18. The Morgan fingerprint density at radius 1 is 1.27 bits per heavy atom. The molecule has 0 spiro atoms. The van der Waals surface area contributed by atoms with Crippen molar-refractivity contribution in [2.75, 3.05) is 25.1 Å². The number of rotatable bonds is 4. The highest BCUT2D eigenvalue weighted by molar-refractivity contribution is 7.90. The molecule has 3 rings (SSSR count). The van der Waals surface area contributed by atoms with Crippen molar-refractivity contribution in [1.82, 2.24) is 4.90 Å². The molecule has 6 heteroatoms. The Morgan fingerprint density at radius 2 is 2.00 bits per heavy atom. The number of amides is 1. The van der Waals surface area contributed by atoms with E-state index in [-0.39, 0.29) is 17.6 Å². The molecule has 2 heterocycles. The Hall–Kier alpha value is -1.82. The smallest absolute Gasteiger partial charge is 0.227 e. The number of sulfone groups is 1. The molecule has 1 aliphatic heterocycles. The summed E-state index contributed by atoms with van der Waals surface area (Å²) in [6.07, 6.45) is 4.97. The van der Waals surface area contributed by atoms with Crippen LogP contribution in [0.25, 0.3) is 11.0 Å². The van der Waals surface area contributed by atoms with Crippen molar-refractivity contribution >= 4 is 26.7 Å². The highest BCUT2D eigenvalue weighted by Crippen LogP contribution is 2.30. The van der Waals surface area contributed by atoms with Gasteiger partial charge in [0.05, 0.1) is 18.4 Å². The van der Waals surface area contributed by atoms with Crippen LogP contribution in [0, 0.1) is 26.7 Å². The number of nitrogens with zero attached hydrogens (tertiary/aromatic N) is 1. The van der Waals surface area contributed by atoms with E-state index in [1.807, 2.05) is 18.7 Å². The van der Waals surface area contributed by atoms with Gasteiger partial charge in [0.25, 0.3) is 0 Å². The zero-order valence-electron chi connectivity index (χ0n) is 16.0. The monoisotopic (exact) mass is 377 g/mol. The van der Waals surface area contributed by atoms with Gasteiger partial charge in [0.1, 0.15) is 15.4 Å². The SMILES string of the molecule is Cc1cc(C)c2c(CC(=O)N3CCC[C@H](CS(C)(=O)=O)C3)coc2c1C. The van der Waals surface area contributed by atoms with Crippen LogP contribution in [0.1, 0.15) is 35.1 Å². The molecule has 1 fully saturated rings. The third-order valence-corrected chi connectivity index (χ3v) is 6.46. The van der Waals surface area contributed by atoms with Crippen LogP contribution in [0.4, 0.5) is 0 Å². The minimum Gasteiger partial charge on any atom is -0.464 e. The molecule has 2 aromatic rings. The van der Waals surface area contributed by atoms with Crippen molar-refractivity contribution in [3.63, 3.8) is 0 Å². The van der Waals surface area contributed by atoms with Crippen LogP contribution in [0.3, 0.4) is 0 Å². The van der Waals surface area contributed by atoms with E-state index >= 15 is 0 Å². The van der Waals surface area contributed by atoms with Gasteiger partial charge < -0.3 is 9.32 Å². The summed E-state index contributed by atoms with van der Waals surface area (Å²) >= 11 is 0. The standard InChI is InChI=1S/C20H27NO4S/c1-13-8-14(2)19-17(11-25-20(19)15(13)3)9-18(22)21-7-5-6-16(10-21)12-26(4,23)24/h8,11,16H,5-7,9-10,12H2,1-4H3/t16-/m0/s1. The first-order valence-corrected chi connectivity index (χ1v) is 11.1. The number of furan rings is 1. The maximum absolute atomic E-state index is 12.8. The third-order valence-electron chi connectivity index (χ3n) is 5.38. The summed E-state index contributed by atoms with van der Waals surface area (Å²) in [6.45, 7) is 7.36. The van der Waals surface area contributed by atoms with Crippen molar-refractivity contribution in [3.05, 3.63) is 34.6 Å². The zero-order chi connectivity index (χ0) is 19.1. The van der Waals surface area contributed by atoms with Gasteiger partial charge in [-0.2, -0.15) is 0 Å². The molecule has 142 valence electrons. The Bertz CT molecular complexity index is 942. The van der Waals surface area contributed by atoms with Gasteiger partial charge in [-0.25, -0.2) is 8.42 Å². The van der Waals surface area contributed by atoms with Gasteiger partial charge >= 0.3 is 0 Å². The number of carbonyl (C=O) groups excluding carboxylic acids is 1. The van der Waals surface area contributed by atoms with Gasteiger partial charge in [-0.05, 0) is 56.2 Å². The molecule has 26 heavy (non-hydrogen) atoms. The first kappa shape index (κ1) is 19.0. The molecular formula is C20H27NO4S. The van der Waals surface area contributed by atoms with Crippen LogP contribution >= 0.6 is 0 Å². The molecule has 5 nitrogen and oxygen atoms in total. The molecule has 1 aliphatic rings. The molecule has 1 atom stereocenters. The van der Waals surface area contributed by atoms with E-state index in [1.54, 1.807) is 6.26 Å². The number of carbonyl (C=O) groups is 1. The summed E-state index contributed by atoms with van der Waals surface area (Å²) in [7, 11) is -3.02. The normalized spacial score (nSPS) is 18.5. The van der Waals surface area contributed by atoms with Crippen molar-refractivity contribution < 1.29 is 17.6 Å². The van der Waals surface area contributed by atoms with Gasteiger partial charge in [0.15, 0.2) is 0 Å². The zero-order valence-corrected chi connectivity index (χ0v) is 16.8. The number of benzene rings is 1. The fourth-order valence-corrected chi connectivity index (χ4v) is 5.18. The first-order chi connectivity index (χ1) is 12.2. The quantitative estimate of drug-likeness (QED) is 0.821. The van der Waals surface area contributed by atoms with Crippen LogP contribution in [0.5, 0.6) is 0 Å². The number of fused-ring (bicyclic) bond motifs is 1. The van der Waals surface area contributed by atoms with E-state index in [9.17, 15) is 13.2 Å². The Kier molecular flexibility index (Phi) is 5.15. The summed E-state index contributed by atoms with van der Waals surface area (Å²) in [5.41, 5.74) is 5.18. The van der Waals surface area contributed by atoms with Gasteiger partial charge in [0.2, 0.25) is 5.91 Å². The third kappa shape index (κ3) is 3.95. The molecule has 1 aromatic carbocycles. The summed E-state index contributed by atoms with van der Waals surface area (Å²) in [4.78, 5) is 14.6. The minimum atomic E-state index is -3.02. The van der Waals surface area contributed by atoms with Crippen molar-refractivity contribution in [1.29, 1.82) is 0 Å². The average Bonchev–Trinajstić information content (AvgIpc) is 2.95. The van der Waals surface area contributed by atoms with Gasteiger partial charge in [-0.1, -0.05) is 6.07 Å². The molecule has 1 amide bonds. The Balaban J connectivity index is 1.78. The van der Waals surface area contributed by atoms with Crippen LogP contribution in [0.2, 0.25) is 0 Å². The van der Waals surface area contributed by atoms with E-state index in [0.29, 0.717) is 19.5 Å². The average molecular weight is 378 g/mol. The Morgan fingerprint density at radius 3 is 2.69 bits per heavy atom. The van der Waals surface area contributed by atoms with Crippen LogP contribution in [0.15, 0.2) is 16.7 Å². The molecule has 0 aliphatic carbocycles. The maximum Gasteiger partial charge on any atom is 0.227 e. The van der Waals surface area contributed by atoms with Crippen LogP contribution in [-0.4, -0.2) is 44.3 Å². The van der Waals surface area contributed by atoms with Crippen LogP contribution in [-0.2, 0) is 21.1 Å².